The number of aliphatic hydroxyl groups is 1. The van der Waals surface area contributed by atoms with Crippen LogP contribution in [0.15, 0.2) is 53.4 Å². The molecule has 0 aliphatic heterocycles. The van der Waals surface area contributed by atoms with Gasteiger partial charge in [-0.2, -0.15) is 0 Å². The van der Waals surface area contributed by atoms with E-state index < -0.39 is 6.10 Å². The van der Waals surface area contributed by atoms with E-state index in [4.69, 9.17) is 4.98 Å². The Labute approximate surface area is 215 Å². The minimum atomic E-state index is -0.683. The van der Waals surface area contributed by atoms with E-state index in [1.54, 1.807) is 11.8 Å². The van der Waals surface area contributed by atoms with Crippen LogP contribution in [0.5, 0.6) is 0 Å². The number of aromatic nitrogens is 1. The summed E-state index contributed by atoms with van der Waals surface area (Å²) in [5.74, 6) is 0.705. The third-order valence-electron chi connectivity index (χ3n) is 6.42. The minimum absolute atomic E-state index is 0.158. The summed E-state index contributed by atoms with van der Waals surface area (Å²) >= 11 is 1.66. The molecule has 4 heteroatoms. The molecule has 1 unspecified atom stereocenters. The summed E-state index contributed by atoms with van der Waals surface area (Å²) in [4.78, 5) is 6.34. The molecule has 0 aliphatic carbocycles. The second-order valence-electron chi connectivity index (χ2n) is 10.1. The maximum atomic E-state index is 13.9. The maximum Gasteiger partial charge on any atom is 0.123 e. The van der Waals surface area contributed by atoms with Gasteiger partial charge in [0.25, 0.3) is 0 Å². The highest BCUT2D eigenvalue weighted by molar-refractivity contribution is 7.99. The van der Waals surface area contributed by atoms with Gasteiger partial charge in [-0.3, -0.25) is 4.98 Å². The summed E-state index contributed by atoms with van der Waals surface area (Å²) in [6.07, 6.45) is 3.58. The van der Waals surface area contributed by atoms with E-state index in [-0.39, 0.29) is 17.7 Å². The molecule has 0 amide bonds. The first-order valence-corrected chi connectivity index (χ1v) is 13.9. The minimum Gasteiger partial charge on any atom is -0.387 e. The average molecular weight is 494 g/mol. The van der Waals surface area contributed by atoms with Gasteiger partial charge in [-0.15, -0.1) is 11.8 Å². The molecule has 0 spiro atoms. The van der Waals surface area contributed by atoms with E-state index in [9.17, 15) is 9.50 Å². The quantitative estimate of drug-likeness (QED) is 0.214. The van der Waals surface area contributed by atoms with Crippen LogP contribution in [0.3, 0.4) is 0 Å². The topological polar surface area (TPSA) is 33.1 Å². The maximum absolute atomic E-state index is 13.9. The van der Waals surface area contributed by atoms with Crippen LogP contribution < -0.4 is 0 Å². The summed E-state index contributed by atoms with van der Waals surface area (Å²) in [5.41, 5.74) is 7.40. The van der Waals surface area contributed by atoms with Gasteiger partial charge < -0.3 is 5.11 Å². The molecule has 0 saturated carbocycles. The monoisotopic (exact) mass is 493 g/mol. The second-order valence-corrected chi connectivity index (χ2v) is 11.2. The highest BCUT2D eigenvalue weighted by atomic mass is 32.2. The summed E-state index contributed by atoms with van der Waals surface area (Å²) in [6.45, 7) is 12.9. The van der Waals surface area contributed by atoms with Gasteiger partial charge in [0.1, 0.15) is 5.82 Å². The van der Waals surface area contributed by atoms with Crippen molar-refractivity contribution in [1.29, 1.82) is 0 Å². The lowest BCUT2D eigenvalue weighted by Crippen LogP contribution is -2.16. The number of benzene rings is 2. The van der Waals surface area contributed by atoms with Crippen LogP contribution in [0.25, 0.3) is 11.1 Å². The Balaban J connectivity index is 2.18. The van der Waals surface area contributed by atoms with Gasteiger partial charge >= 0.3 is 0 Å². The van der Waals surface area contributed by atoms with Crippen molar-refractivity contribution in [2.45, 2.75) is 90.1 Å². The largest absolute Gasteiger partial charge is 0.387 e. The van der Waals surface area contributed by atoms with Crippen molar-refractivity contribution >= 4 is 11.8 Å². The van der Waals surface area contributed by atoms with E-state index >= 15 is 0 Å². The fourth-order valence-electron chi connectivity index (χ4n) is 4.58. The first-order chi connectivity index (χ1) is 16.7. The Hall–Kier alpha value is -2.17. The van der Waals surface area contributed by atoms with Crippen LogP contribution in [0, 0.1) is 12.7 Å². The molecule has 3 rings (SSSR count). The molecule has 2 nitrogen and oxygen atoms in total. The van der Waals surface area contributed by atoms with E-state index in [0.717, 1.165) is 58.7 Å². The molecule has 3 aromatic rings. The fraction of sp³-hybridized carbons (Fsp3) is 0.452. The standard InChI is InChI=1S/C31H40FNOS/c1-7-8-9-10-26-28(23-13-15-24(32)16-14-23)29(31(21(4)5)33-30(26)20(2)3)27(34)19-35-25-17-11-22(6)12-18-25/h11-18,20-21,27,34H,7-10,19H2,1-6H3. The highest BCUT2D eigenvalue weighted by Gasteiger charge is 2.27. The van der Waals surface area contributed by atoms with E-state index in [2.05, 4.69) is 65.8 Å². The van der Waals surface area contributed by atoms with Gasteiger partial charge in [-0.1, -0.05) is 77.3 Å². The Kier molecular flexibility index (Phi) is 9.94. The molecule has 1 aromatic heterocycles. The zero-order valence-electron chi connectivity index (χ0n) is 22.1. The van der Waals surface area contributed by atoms with Gasteiger partial charge in [0.05, 0.1) is 6.10 Å². The van der Waals surface area contributed by atoms with Gasteiger partial charge in [0, 0.05) is 27.6 Å². The van der Waals surface area contributed by atoms with Gasteiger partial charge in [0.15, 0.2) is 0 Å². The number of hydrogen-bond donors (Lipinski definition) is 1. The van der Waals surface area contributed by atoms with Crippen LogP contribution >= 0.6 is 11.8 Å². The lowest BCUT2D eigenvalue weighted by molar-refractivity contribution is 0.202. The predicted molar refractivity (Wildman–Crippen MR) is 148 cm³/mol. The zero-order chi connectivity index (χ0) is 25.5. The second kappa shape index (κ2) is 12.7. The number of hydrogen-bond acceptors (Lipinski definition) is 3. The molecule has 0 saturated heterocycles. The average Bonchev–Trinajstić information content (AvgIpc) is 2.83. The number of aryl methyl sites for hydroxylation is 1. The van der Waals surface area contributed by atoms with E-state index in [0.29, 0.717) is 5.75 Å². The molecule has 1 N–H and O–H groups in total. The van der Waals surface area contributed by atoms with Crippen molar-refractivity contribution in [2.24, 2.45) is 0 Å². The van der Waals surface area contributed by atoms with Crippen molar-refractivity contribution in [2.75, 3.05) is 5.75 Å². The van der Waals surface area contributed by atoms with Gasteiger partial charge in [0.2, 0.25) is 0 Å². The van der Waals surface area contributed by atoms with Crippen molar-refractivity contribution in [3.05, 3.63) is 82.4 Å². The molecule has 0 radical (unpaired) electrons. The molecular weight excluding hydrogens is 453 g/mol. The highest BCUT2D eigenvalue weighted by Crippen LogP contribution is 2.41. The first-order valence-electron chi connectivity index (χ1n) is 12.9. The summed E-state index contributed by atoms with van der Waals surface area (Å²) in [5, 5.41) is 11.7. The Morgan fingerprint density at radius 2 is 1.51 bits per heavy atom. The number of aliphatic hydroxyl groups excluding tert-OH is 1. The van der Waals surface area contributed by atoms with Gasteiger partial charge in [-0.25, -0.2) is 4.39 Å². The third-order valence-corrected chi connectivity index (χ3v) is 7.50. The number of pyridine rings is 1. The number of unbranched alkanes of at least 4 members (excludes halogenated alkanes) is 2. The fourth-order valence-corrected chi connectivity index (χ4v) is 5.42. The van der Waals surface area contributed by atoms with Crippen LogP contribution in [0.2, 0.25) is 0 Å². The summed E-state index contributed by atoms with van der Waals surface area (Å²) < 4.78 is 13.9. The van der Waals surface area contributed by atoms with Crippen LogP contribution in [0.1, 0.15) is 99.9 Å². The van der Waals surface area contributed by atoms with Crippen molar-refractivity contribution in [1.82, 2.24) is 4.98 Å². The van der Waals surface area contributed by atoms with Crippen molar-refractivity contribution < 1.29 is 9.50 Å². The molecule has 0 bridgehead atoms. The van der Waals surface area contributed by atoms with Crippen LogP contribution in [0.4, 0.5) is 4.39 Å². The van der Waals surface area contributed by atoms with Crippen LogP contribution in [-0.2, 0) is 6.42 Å². The summed E-state index contributed by atoms with van der Waals surface area (Å²) in [6, 6.07) is 15.2. The number of rotatable bonds is 11. The molecule has 1 atom stereocenters. The summed E-state index contributed by atoms with van der Waals surface area (Å²) in [7, 11) is 0. The molecule has 0 fully saturated rings. The molecule has 2 aromatic carbocycles. The smallest absolute Gasteiger partial charge is 0.123 e. The Morgan fingerprint density at radius 3 is 2.09 bits per heavy atom. The number of thioether (sulfide) groups is 1. The molecule has 188 valence electrons. The van der Waals surface area contributed by atoms with E-state index in [1.165, 1.54) is 23.3 Å². The molecule has 0 aliphatic rings. The van der Waals surface area contributed by atoms with Crippen LogP contribution in [-0.4, -0.2) is 15.8 Å². The number of nitrogens with zero attached hydrogens (tertiary/aromatic N) is 1. The SMILES string of the molecule is CCCCCc1c(C(C)C)nc(C(C)C)c(C(O)CSc2ccc(C)cc2)c1-c1ccc(F)cc1. The molecule has 35 heavy (non-hydrogen) atoms. The molecule has 1 heterocycles. The van der Waals surface area contributed by atoms with Crippen molar-refractivity contribution in [3.8, 4) is 11.1 Å². The van der Waals surface area contributed by atoms with Crippen molar-refractivity contribution in [3.63, 3.8) is 0 Å². The lowest BCUT2D eigenvalue weighted by atomic mass is 9.83. The first kappa shape index (κ1) is 27.4. The third kappa shape index (κ3) is 6.95. The lowest BCUT2D eigenvalue weighted by Gasteiger charge is -2.27. The Bertz CT molecular complexity index is 1090. The van der Waals surface area contributed by atoms with E-state index in [1.807, 2.05) is 12.1 Å². The number of halogens is 1. The normalized spacial score (nSPS) is 12.5. The predicted octanol–water partition coefficient (Wildman–Crippen LogP) is 9.00. The van der Waals surface area contributed by atoms with Gasteiger partial charge in [-0.05, 0) is 72.6 Å². The zero-order valence-corrected chi connectivity index (χ0v) is 22.9. The Morgan fingerprint density at radius 1 is 0.886 bits per heavy atom. The molecular formula is C31H40FNOS.